The molecule has 3 aromatic rings. The first-order valence-electron chi connectivity index (χ1n) is 8.36. The summed E-state index contributed by atoms with van der Waals surface area (Å²) >= 11 is 0. The highest BCUT2D eigenvalue weighted by Crippen LogP contribution is 2.20. The number of aryl methyl sites for hydroxylation is 1. The number of anilines is 2. The van der Waals surface area contributed by atoms with Crippen LogP contribution in [0, 0.1) is 11.6 Å². The lowest BCUT2D eigenvalue weighted by Gasteiger charge is -2.08. The summed E-state index contributed by atoms with van der Waals surface area (Å²) in [7, 11) is 0. The lowest BCUT2D eigenvalue weighted by Crippen LogP contribution is -2.13. The van der Waals surface area contributed by atoms with E-state index >= 15 is 0 Å². The number of hydrogen-bond acceptors (Lipinski definition) is 5. The summed E-state index contributed by atoms with van der Waals surface area (Å²) in [6.07, 6.45) is 0.248. The molecule has 0 aliphatic rings. The maximum Gasteiger partial charge on any atom is 0.227 e. The molecule has 0 spiro atoms. The number of nitrogens with one attached hydrogen (secondary N) is 2. The van der Waals surface area contributed by atoms with Crippen molar-refractivity contribution >= 4 is 23.2 Å². The zero-order chi connectivity index (χ0) is 20.1. The molecule has 3 rings (SSSR count). The normalized spacial score (nSPS) is 10.5. The second-order valence-electron chi connectivity index (χ2n) is 5.94. The fourth-order valence-corrected chi connectivity index (χ4v) is 2.41. The Morgan fingerprint density at radius 1 is 1.07 bits per heavy atom. The van der Waals surface area contributed by atoms with Crippen molar-refractivity contribution in [1.82, 2.24) is 10.1 Å². The summed E-state index contributed by atoms with van der Waals surface area (Å²) in [6, 6.07) is 9.49. The van der Waals surface area contributed by atoms with E-state index in [9.17, 15) is 18.4 Å². The summed E-state index contributed by atoms with van der Waals surface area (Å²) in [6.45, 7) is 1.26. The van der Waals surface area contributed by atoms with Gasteiger partial charge in [0.25, 0.3) is 0 Å². The zero-order valence-electron chi connectivity index (χ0n) is 14.8. The number of hydrogen-bond donors (Lipinski definition) is 2. The van der Waals surface area contributed by atoms with Crippen LogP contribution in [0.5, 0.6) is 0 Å². The Hall–Kier alpha value is -3.62. The maximum absolute atomic E-state index is 13.6. The highest BCUT2D eigenvalue weighted by molar-refractivity contribution is 5.93. The van der Waals surface area contributed by atoms with Crippen molar-refractivity contribution in [3.8, 4) is 11.4 Å². The summed E-state index contributed by atoms with van der Waals surface area (Å²) in [5.74, 6) is -1.18. The lowest BCUT2D eigenvalue weighted by atomic mass is 10.2. The van der Waals surface area contributed by atoms with Crippen LogP contribution >= 0.6 is 0 Å². The monoisotopic (exact) mass is 386 g/mol. The second kappa shape index (κ2) is 8.38. The maximum atomic E-state index is 13.6. The molecule has 0 bridgehead atoms. The summed E-state index contributed by atoms with van der Waals surface area (Å²) in [5.41, 5.74) is 0.913. The van der Waals surface area contributed by atoms with Crippen LogP contribution in [0.25, 0.3) is 11.4 Å². The van der Waals surface area contributed by atoms with Gasteiger partial charge in [-0.15, -0.1) is 0 Å². The average molecular weight is 386 g/mol. The number of carbonyl (C=O) groups is 2. The van der Waals surface area contributed by atoms with E-state index in [1.807, 2.05) is 0 Å². The highest BCUT2D eigenvalue weighted by atomic mass is 19.1. The second-order valence-corrected chi connectivity index (χ2v) is 5.94. The number of carbonyl (C=O) groups excluding carboxylic acids is 2. The molecule has 0 fully saturated rings. The van der Waals surface area contributed by atoms with E-state index in [0.717, 1.165) is 6.07 Å². The Morgan fingerprint density at radius 2 is 1.82 bits per heavy atom. The molecule has 0 saturated carbocycles. The molecule has 0 unspecified atom stereocenters. The van der Waals surface area contributed by atoms with E-state index in [-0.39, 0.29) is 36.1 Å². The fraction of sp³-hybridized carbons (Fsp3) is 0.158. The van der Waals surface area contributed by atoms with Gasteiger partial charge in [-0.3, -0.25) is 9.59 Å². The molecular formula is C19H16F2N4O3. The Labute approximate surface area is 158 Å². The third-order valence-electron chi connectivity index (χ3n) is 3.70. The molecular weight excluding hydrogens is 370 g/mol. The zero-order valence-corrected chi connectivity index (χ0v) is 14.8. The van der Waals surface area contributed by atoms with Gasteiger partial charge in [0, 0.05) is 31.0 Å². The van der Waals surface area contributed by atoms with Crippen LogP contribution in [0.4, 0.5) is 20.2 Å². The minimum absolute atomic E-state index is 0.0221. The third-order valence-corrected chi connectivity index (χ3v) is 3.70. The van der Waals surface area contributed by atoms with E-state index in [4.69, 9.17) is 4.52 Å². The molecule has 2 amide bonds. The molecule has 0 aliphatic heterocycles. The van der Waals surface area contributed by atoms with Crippen LogP contribution in [-0.4, -0.2) is 22.0 Å². The van der Waals surface area contributed by atoms with Crippen LogP contribution in [0.3, 0.4) is 0 Å². The van der Waals surface area contributed by atoms with Gasteiger partial charge in [0.05, 0.1) is 5.69 Å². The molecule has 0 radical (unpaired) electrons. The number of aromatic nitrogens is 2. The number of rotatable bonds is 6. The van der Waals surface area contributed by atoms with Crippen molar-refractivity contribution in [1.29, 1.82) is 0 Å². The first-order chi connectivity index (χ1) is 13.4. The standard InChI is InChI=1S/C19H16F2N4O3/c1-11(26)22-16-10-14(6-7-15(16)21)23-17(27)8-9-18-24-19(25-28-18)12-2-4-13(20)5-3-12/h2-7,10H,8-9H2,1H3,(H,22,26)(H,23,27). The fourth-order valence-electron chi connectivity index (χ4n) is 2.41. The quantitative estimate of drug-likeness (QED) is 0.675. The van der Waals surface area contributed by atoms with Crippen LogP contribution in [0.15, 0.2) is 47.0 Å². The van der Waals surface area contributed by atoms with Crippen LogP contribution in [-0.2, 0) is 16.0 Å². The average Bonchev–Trinajstić information content (AvgIpc) is 3.12. The molecule has 2 aromatic carbocycles. The topological polar surface area (TPSA) is 97.1 Å². The Morgan fingerprint density at radius 3 is 2.54 bits per heavy atom. The van der Waals surface area contributed by atoms with Gasteiger partial charge in [-0.2, -0.15) is 4.98 Å². The van der Waals surface area contributed by atoms with Gasteiger partial charge in [-0.25, -0.2) is 8.78 Å². The number of amides is 2. The van der Waals surface area contributed by atoms with Gasteiger partial charge < -0.3 is 15.2 Å². The van der Waals surface area contributed by atoms with E-state index in [2.05, 4.69) is 20.8 Å². The molecule has 9 heteroatoms. The van der Waals surface area contributed by atoms with Crippen molar-refractivity contribution in [2.75, 3.05) is 10.6 Å². The molecule has 7 nitrogen and oxygen atoms in total. The van der Waals surface area contributed by atoms with Crippen molar-refractivity contribution in [3.05, 3.63) is 60.0 Å². The van der Waals surface area contributed by atoms with Crippen molar-refractivity contribution < 1.29 is 22.9 Å². The van der Waals surface area contributed by atoms with Gasteiger partial charge >= 0.3 is 0 Å². The summed E-state index contributed by atoms with van der Waals surface area (Å²) in [4.78, 5) is 27.3. The molecule has 0 saturated heterocycles. The first kappa shape index (κ1) is 19.2. The van der Waals surface area contributed by atoms with Crippen LogP contribution < -0.4 is 10.6 Å². The predicted molar refractivity (Wildman–Crippen MR) is 97.3 cm³/mol. The number of benzene rings is 2. The van der Waals surface area contributed by atoms with Crippen LogP contribution in [0.2, 0.25) is 0 Å². The number of halogens is 2. The molecule has 0 atom stereocenters. The summed E-state index contributed by atoms with van der Waals surface area (Å²) < 4.78 is 31.7. The molecule has 1 aromatic heterocycles. The molecule has 144 valence electrons. The highest BCUT2D eigenvalue weighted by Gasteiger charge is 2.12. The number of nitrogens with zero attached hydrogens (tertiary/aromatic N) is 2. The summed E-state index contributed by atoms with van der Waals surface area (Å²) in [5, 5.41) is 8.76. The molecule has 0 aliphatic carbocycles. The van der Waals surface area contributed by atoms with Crippen LogP contribution in [0.1, 0.15) is 19.2 Å². The predicted octanol–water partition coefficient (Wildman–Crippen LogP) is 3.54. The Kier molecular flexibility index (Phi) is 5.73. The molecule has 28 heavy (non-hydrogen) atoms. The van der Waals surface area contributed by atoms with Gasteiger partial charge in [0.15, 0.2) is 0 Å². The largest absolute Gasteiger partial charge is 0.339 e. The van der Waals surface area contributed by atoms with Gasteiger partial charge in [-0.1, -0.05) is 5.16 Å². The minimum atomic E-state index is -0.604. The molecule has 1 heterocycles. The third kappa shape index (κ3) is 4.97. The lowest BCUT2D eigenvalue weighted by molar-refractivity contribution is -0.116. The van der Waals surface area contributed by atoms with Crippen molar-refractivity contribution in [2.24, 2.45) is 0 Å². The van der Waals surface area contributed by atoms with E-state index < -0.39 is 11.7 Å². The minimum Gasteiger partial charge on any atom is -0.339 e. The van der Waals surface area contributed by atoms with E-state index in [0.29, 0.717) is 17.1 Å². The smallest absolute Gasteiger partial charge is 0.227 e. The van der Waals surface area contributed by atoms with Gasteiger partial charge in [0.1, 0.15) is 11.6 Å². The van der Waals surface area contributed by atoms with Crippen molar-refractivity contribution in [2.45, 2.75) is 19.8 Å². The SMILES string of the molecule is CC(=O)Nc1cc(NC(=O)CCc2nc(-c3ccc(F)cc3)no2)ccc1F. The van der Waals surface area contributed by atoms with E-state index in [1.54, 1.807) is 0 Å². The Balaban J connectivity index is 1.57. The van der Waals surface area contributed by atoms with E-state index in [1.165, 1.54) is 43.3 Å². The van der Waals surface area contributed by atoms with Gasteiger partial charge in [0.2, 0.25) is 23.5 Å². The Bertz CT molecular complexity index is 1000. The molecule has 2 N–H and O–H groups in total. The van der Waals surface area contributed by atoms with Gasteiger partial charge in [-0.05, 0) is 42.5 Å². The first-order valence-corrected chi connectivity index (χ1v) is 8.36. The van der Waals surface area contributed by atoms with Crippen molar-refractivity contribution in [3.63, 3.8) is 0 Å².